The summed E-state index contributed by atoms with van der Waals surface area (Å²) in [6, 6.07) is 11.2. The maximum atomic E-state index is 13.7. The summed E-state index contributed by atoms with van der Waals surface area (Å²) >= 11 is 12.1. The monoisotopic (exact) mass is 541 g/mol. The first-order chi connectivity index (χ1) is 16.4. The van der Waals surface area contributed by atoms with Crippen LogP contribution >= 0.6 is 23.2 Å². The van der Waals surface area contributed by atoms with Crippen LogP contribution in [-0.4, -0.2) is 50.0 Å². The molecule has 0 saturated heterocycles. The molecule has 2 aromatic carbocycles. The van der Waals surface area contributed by atoms with Crippen molar-refractivity contribution in [1.82, 2.24) is 10.2 Å². The van der Waals surface area contributed by atoms with Gasteiger partial charge in [-0.05, 0) is 50.5 Å². The molecule has 192 valence electrons. The van der Waals surface area contributed by atoms with Gasteiger partial charge < -0.3 is 10.2 Å². The quantitative estimate of drug-likeness (QED) is 0.443. The molecular weight excluding hydrogens is 509 g/mol. The van der Waals surface area contributed by atoms with Gasteiger partial charge in [0.05, 0.1) is 22.0 Å². The lowest BCUT2D eigenvalue weighted by atomic mass is 10.1. The minimum absolute atomic E-state index is 0.0591. The molecule has 10 heteroatoms. The fraction of sp³-hybridized carbons (Fsp3) is 0.440. The van der Waals surface area contributed by atoms with Gasteiger partial charge in [-0.15, -0.1) is 0 Å². The molecule has 0 radical (unpaired) electrons. The third-order valence-corrected chi connectivity index (χ3v) is 7.57. The zero-order valence-corrected chi connectivity index (χ0v) is 23.0. The van der Waals surface area contributed by atoms with E-state index in [0.717, 1.165) is 28.1 Å². The van der Waals surface area contributed by atoms with Crippen LogP contribution in [0.4, 0.5) is 5.69 Å². The summed E-state index contributed by atoms with van der Waals surface area (Å²) in [7, 11) is -3.85. The van der Waals surface area contributed by atoms with Crippen LogP contribution in [0.25, 0.3) is 0 Å². The Kier molecular flexibility index (Phi) is 10.4. The van der Waals surface area contributed by atoms with Crippen LogP contribution in [0.15, 0.2) is 42.5 Å². The molecule has 2 aromatic rings. The highest BCUT2D eigenvalue weighted by Gasteiger charge is 2.32. The van der Waals surface area contributed by atoms with Crippen molar-refractivity contribution in [2.45, 2.75) is 59.2 Å². The van der Waals surface area contributed by atoms with Crippen LogP contribution in [0.5, 0.6) is 0 Å². The summed E-state index contributed by atoms with van der Waals surface area (Å²) in [5, 5.41) is 3.38. The minimum Gasteiger partial charge on any atom is -0.352 e. The molecule has 0 saturated carbocycles. The van der Waals surface area contributed by atoms with Gasteiger partial charge >= 0.3 is 0 Å². The maximum Gasteiger partial charge on any atom is 0.244 e. The SMILES string of the molecule is CCC(C)NC(=O)C(CC)N(Cc1cccc(C)c1)C(=O)CN(c1ccc(Cl)c(Cl)c1)S(C)(=O)=O. The average Bonchev–Trinajstić information content (AvgIpc) is 2.78. The highest BCUT2D eigenvalue weighted by molar-refractivity contribution is 7.92. The smallest absolute Gasteiger partial charge is 0.244 e. The second-order valence-corrected chi connectivity index (χ2v) is 11.3. The van der Waals surface area contributed by atoms with Crippen LogP contribution in [0, 0.1) is 6.92 Å². The highest BCUT2D eigenvalue weighted by Crippen LogP contribution is 2.28. The van der Waals surface area contributed by atoms with Crippen LogP contribution in [0.3, 0.4) is 0 Å². The molecule has 0 aliphatic rings. The van der Waals surface area contributed by atoms with Crippen LogP contribution < -0.4 is 9.62 Å². The Morgan fingerprint density at radius 2 is 1.71 bits per heavy atom. The van der Waals surface area contributed by atoms with Crippen LogP contribution in [0.2, 0.25) is 10.0 Å². The Morgan fingerprint density at radius 1 is 1.03 bits per heavy atom. The van der Waals surface area contributed by atoms with Gasteiger partial charge in [-0.3, -0.25) is 13.9 Å². The number of hydrogen-bond donors (Lipinski definition) is 1. The zero-order valence-electron chi connectivity index (χ0n) is 20.7. The molecule has 35 heavy (non-hydrogen) atoms. The van der Waals surface area contributed by atoms with Crippen molar-refractivity contribution in [3.8, 4) is 0 Å². The van der Waals surface area contributed by atoms with Crippen molar-refractivity contribution in [3.05, 3.63) is 63.6 Å². The normalized spacial score (nSPS) is 13.1. The lowest BCUT2D eigenvalue weighted by Crippen LogP contribution is -2.53. The number of anilines is 1. The summed E-state index contributed by atoms with van der Waals surface area (Å²) in [4.78, 5) is 28.2. The molecule has 2 unspecified atom stereocenters. The van der Waals surface area contributed by atoms with Gasteiger partial charge in [0.15, 0.2) is 0 Å². The number of hydrogen-bond acceptors (Lipinski definition) is 4. The Hall–Kier alpha value is -2.29. The van der Waals surface area contributed by atoms with E-state index in [0.29, 0.717) is 6.42 Å². The van der Waals surface area contributed by atoms with E-state index in [1.165, 1.54) is 23.1 Å². The summed E-state index contributed by atoms with van der Waals surface area (Å²) in [6.45, 7) is 7.29. The van der Waals surface area contributed by atoms with Gasteiger partial charge in [0, 0.05) is 12.6 Å². The van der Waals surface area contributed by atoms with E-state index in [2.05, 4.69) is 5.32 Å². The Morgan fingerprint density at radius 3 is 2.26 bits per heavy atom. The standard InChI is InChI=1S/C25H33Cl2N3O4S/c1-6-18(4)28-25(32)23(7-2)29(15-19-10-8-9-17(3)13-19)24(31)16-30(35(5,33)34)20-11-12-21(26)22(27)14-20/h8-14,18,23H,6-7,15-16H2,1-5H3,(H,28,32). The van der Waals surface area contributed by atoms with Gasteiger partial charge in [0.25, 0.3) is 0 Å². The number of aryl methyl sites for hydroxylation is 1. The molecule has 0 heterocycles. The van der Waals surface area contributed by atoms with Crippen molar-refractivity contribution in [2.24, 2.45) is 0 Å². The number of benzene rings is 2. The summed E-state index contributed by atoms with van der Waals surface area (Å²) in [5.74, 6) is -0.780. The summed E-state index contributed by atoms with van der Waals surface area (Å²) in [6.07, 6.45) is 2.12. The Bertz CT molecular complexity index is 1160. The van der Waals surface area contributed by atoms with Gasteiger partial charge in [0.2, 0.25) is 21.8 Å². The molecule has 2 atom stereocenters. The number of nitrogens with one attached hydrogen (secondary N) is 1. The van der Waals surface area contributed by atoms with Crippen molar-refractivity contribution >= 4 is 50.7 Å². The molecule has 2 amide bonds. The highest BCUT2D eigenvalue weighted by atomic mass is 35.5. The van der Waals surface area contributed by atoms with Crippen molar-refractivity contribution in [2.75, 3.05) is 17.1 Å². The molecule has 0 aliphatic carbocycles. The first-order valence-corrected chi connectivity index (χ1v) is 14.1. The first-order valence-electron chi connectivity index (χ1n) is 11.5. The number of sulfonamides is 1. The molecule has 0 aliphatic heterocycles. The molecule has 0 bridgehead atoms. The molecule has 0 aromatic heterocycles. The molecule has 1 N–H and O–H groups in total. The number of nitrogens with zero attached hydrogens (tertiary/aromatic N) is 2. The third kappa shape index (κ3) is 8.12. The van der Waals surface area contributed by atoms with Gasteiger partial charge in [-0.2, -0.15) is 0 Å². The van der Waals surface area contributed by atoms with Crippen LogP contribution in [0.1, 0.15) is 44.7 Å². The fourth-order valence-electron chi connectivity index (χ4n) is 3.62. The van der Waals surface area contributed by atoms with E-state index in [9.17, 15) is 18.0 Å². The summed E-state index contributed by atoms with van der Waals surface area (Å²) in [5.41, 5.74) is 2.07. The largest absolute Gasteiger partial charge is 0.352 e. The first kappa shape index (κ1) is 28.9. The zero-order chi connectivity index (χ0) is 26.3. The van der Waals surface area contributed by atoms with Gasteiger partial charge in [0.1, 0.15) is 12.6 Å². The van der Waals surface area contributed by atoms with E-state index >= 15 is 0 Å². The number of carbonyl (C=O) groups excluding carboxylic acids is 2. The predicted molar refractivity (Wildman–Crippen MR) is 142 cm³/mol. The number of amides is 2. The van der Waals surface area contributed by atoms with E-state index in [1.54, 1.807) is 0 Å². The predicted octanol–water partition coefficient (Wildman–Crippen LogP) is 4.79. The van der Waals surface area contributed by atoms with Crippen molar-refractivity contribution in [1.29, 1.82) is 0 Å². The molecular formula is C25H33Cl2N3O4S. The topological polar surface area (TPSA) is 86.8 Å². The summed E-state index contributed by atoms with van der Waals surface area (Å²) < 4.78 is 26.3. The fourth-order valence-corrected chi connectivity index (χ4v) is 4.76. The Balaban J connectivity index is 2.46. The van der Waals surface area contributed by atoms with E-state index < -0.39 is 28.5 Å². The lowest BCUT2D eigenvalue weighted by Gasteiger charge is -2.33. The van der Waals surface area contributed by atoms with E-state index in [1.807, 2.05) is 52.0 Å². The third-order valence-electron chi connectivity index (χ3n) is 5.69. The minimum atomic E-state index is -3.85. The molecule has 7 nitrogen and oxygen atoms in total. The lowest BCUT2D eigenvalue weighted by molar-refractivity contribution is -0.140. The van der Waals surface area contributed by atoms with Crippen molar-refractivity contribution < 1.29 is 18.0 Å². The van der Waals surface area contributed by atoms with Gasteiger partial charge in [-0.1, -0.05) is 66.9 Å². The Labute approximate surface area is 218 Å². The number of carbonyl (C=O) groups is 2. The average molecular weight is 543 g/mol. The van der Waals surface area contributed by atoms with Crippen molar-refractivity contribution in [3.63, 3.8) is 0 Å². The number of halogens is 2. The van der Waals surface area contributed by atoms with Crippen LogP contribution in [-0.2, 0) is 26.2 Å². The van der Waals surface area contributed by atoms with E-state index in [4.69, 9.17) is 23.2 Å². The maximum absolute atomic E-state index is 13.7. The van der Waals surface area contributed by atoms with Gasteiger partial charge in [-0.25, -0.2) is 8.42 Å². The second-order valence-electron chi connectivity index (χ2n) is 8.62. The molecule has 2 rings (SSSR count). The second kappa shape index (κ2) is 12.6. The molecule has 0 fully saturated rings. The molecule has 0 spiro atoms. The van der Waals surface area contributed by atoms with E-state index in [-0.39, 0.29) is 34.2 Å². The number of rotatable bonds is 11.